The fraction of sp³-hybridized carbons (Fsp3) is 0.462. The average Bonchev–Trinajstić information content (AvgIpc) is 2.26. The van der Waals surface area contributed by atoms with Gasteiger partial charge in [-0.2, -0.15) is 0 Å². The predicted octanol–water partition coefficient (Wildman–Crippen LogP) is 1.78. The molecule has 3 heteroatoms. The molecule has 16 heavy (non-hydrogen) atoms. The van der Waals surface area contributed by atoms with Gasteiger partial charge >= 0.3 is 0 Å². The fourth-order valence-electron chi connectivity index (χ4n) is 1.43. The summed E-state index contributed by atoms with van der Waals surface area (Å²) in [4.78, 5) is 11.6. The first-order valence-corrected chi connectivity index (χ1v) is 5.59. The normalized spacial score (nSPS) is 10.5. The summed E-state index contributed by atoms with van der Waals surface area (Å²) in [5.74, 6) is 6.05. The van der Waals surface area contributed by atoms with E-state index in [1.165, 1.54) is 10.6 Å². The number of nitrogens with two attached hydrogens (primary N) is 1. The van der Waals surface area contributed by atoms with Crippen LogP contribution in [0.25, 0.3) is 0 Å². The van der Waals surface area contributed by atoms with Crippen LogP contribution in [0.2, 0.25) is 0 Å². The minimum absolute atomic E-state index is 0.0116. The molecule has 0 aliphatic heterocycles. The number of hydrogen-bond acceptors (Lipinski definition) is 2. The molecule has 1 amide bonds. The third kappa shape index (κ3) is 4.45. The van der Waals surface area contributed by atoms with Gasteiger partial charge in [-0.3, -0.25) is 9.80 Å². The molecule has 0 atom stereocenters. The van der Waals surface area contributed by atoms with Crippen molar-refractivity contribution in [3.05, 3.63) is 35.9 Å². The summed E-state index contributed by atoms with van der Waals surface area (Å²) in [6.07, 6.45) is 1.30. The van der Waals surface area contributed by atoms with E-state index < -0.39 is 0 Å². The Hall–Kier alpha value is -1.35. The largest absolute Gasteiger partial charge is 0.280 e. The summed E-state index contributed by atoms with van der Waals surface area (Å²) in [6, 6.07) is 10.7. The van der Waals surface area contributed by atoms with Crippen LogP contribution in [0.3, 0.4) is 0 Å². The van der Waals surface area contributed by atoms with Gasteiger partial charge in [-0.25, -0.2) is 5.84 Å². The third-order valence-corrected chi connectivity index (χ3v) is 2.33. The first-order valence-electron chi connectivity index (χ1n) is 5.59. The number of amides is 1. The molecule has 3 nitrogen and oxygen atoms in total. The molecule has 0 saturated carbocycles. The van der Waals surface area contributed by atoms with E-state index in [9.17, 15) is 4.79 Å². The van der Waals surface area contributed by atoms with E-state index in [-0.39, 0.29) is 5.91 Å². The van der Waals surface area contributed by atoms with E-state index in [1.807, 2.05) is 38.1 Å². The summed E-state index contributed by atoms with van der Waals surface area (Å²) in [5, 5.41) is 1.32. The number of carbonyl (C=O) groups excluding carboxylic acids is 1. The van der Waals surface area contributed by atoms with Gasteiger partial charge < -0.3 is 0 Å². The number of carbonyl (C=O) groups is 1. The van der Waals surface area contributed by atoms with Crippen molar-refractivity contribution < 1.29 is 4.79 Å². The van der Waals surface area contributed by atoms with Crippen molar-refractivity contribution >= 4 is 5.91 Å². The highest BCUT2D eigenvalue weighted by atomic mass is 16.2. The van der Waals surface area contributed by atoms with E-state index in [2.05, 4.69) is 6.07 Å². The fourth-order valence-corrected chi connectivity index (χ4v) is 1.43. The lowest BCUT2D eigenvalue weighted by molar-refractivity contribution is -0.132. The van der Waals surface area contributed by atoms with E-state index >= 15 is 0 Å². The Morgan fingerprint density at radius 2 is 2.06 bits per heavy atom. The van der Waals surface area contributed by atoms with Gasteiger partial charge in [0.05, 0.1) is 0 Å². The summed E-state index contributed by atoms with van der Waals surface area (Å²) in [5.41, 5.74) is 1.17. The standard InChI is InChI=1S/C13H19N2O/c1-11(2)10-13(16)15(14)9-8-12-6-4-3-5-7-12/h4-7,11H,8-10,14H2,1-2H3. The van der Waals surface area contributed by atoms with Crippen molar-refractivity contribution in [1.29, 1.82) is 0 Å². The number of hydrazine groups is 1. The van der Waals surface area contributed by atoms with Gasteiger partial charge in [0.15, 0.2) is 0 Å². The lowest BCUT2D eigenvalue weighted by atomic mass is 10.1. The van der Waals surface area contributed by atoms with Crippen LogP contribution in [0.4, 0.5) is 0 Å². The third-order valence-electron chi connectivity index (χ3n) is 2.33. The van der Waals surface area contributed by atoms with Gasteiger partial charge in [-0.15, -0.1) is 0 Å². The maximum Gasteiger partial charge on any atom is 0.236 e. The Labute approximate surface area is 97.2 Å². The molecule has 0 unspecified atom stereocenters. The van der Waals surface area contributed by atoms with Crippen molar-refractivity contribution in [2.75, 3.05) is 6.54 Å². The number of benzene rings is 1. The van der Waals surface area contributed by atoms with Crippen molar-refractivity contribution in [1.82, 2.24) is 5.01 Å². The molecule has 0 aromatic heterocycles. The zero-order valence-corrected chi connectivity index (χ0v) is 9.94. The summed E-state index contributed by atoms with van der Waals surface area (Å²) in [6.45, 7) is 4.59. The van der Waals surface area contributed by atoms with Gasteiger partial charge in [0.25, 0.3) is 0 Å². The first-order chi connectivity index (χ1) is 7.59. The molecule has 0 aliphatic rings. The molecule has 1 aromatic rings. The van der Waals surface area contributed by atoms with Crippen LogP contribution in [0.1, 0.15) is 25.8 Å². The van der Waals surface area contributed by atoms with E-state index in [4.69, 9.17) is 5.84 Å². The summed E-state index contributed by atoms with van der Waals surface area (Å²) >= 11 is 0. The Balaban J connectivity index is 2.35. The number of nitrogens with zero attached hydrogens (tertiary/aromatic N) is 1. The molecule has 1 rings (SSSR count). The van der Waals surface area contributed by atoms with Crippen LogP contribution in [-0.2, 0) is 11.2 Å². The monoisotopic (exact) mass is 219 g/mol. The Bertz CT molecular complexity index is 322. The Kier molecular flexibility index (Phi) is 4.99. The molecule has 0 saturated heterocycles. The molecule has 0 fully saturated rings. The van der Waals surface area contributed by atoms with Gasteiger partial charge in [0.1, 0.15) is 0 Å². The summed E-state index contributed by atoms with van der Waals surface area (Å²) in [7, 11) is 0. The summed E-state index contributed by atoms with van der Waals surface area (Å²) < 4.78 is 0. The number of rotatable bonds is 5. The quantitative estimate of drug-likeness (QED) is 0.466. The van der Waals surface area contributed by atoms with E-state index in [0.29, 0.717) is 18.9 Å². The van der Waals surface area contributed by atoms with Crippen LogP contribution in [0, 0.1) is 12.0 Å². The molecule has 2 N–H and O–H groups in total. The van der Waals surface area contributed by atoms with E-state index in [0.717, 1.165) is 6.42 Å². The van der Waals surface area contributed by atoms with Crippen molar-refractivity contribution in [2.24, 2.45) is 11.8 Å². The zero-order valence-electron chi connectivity index (χ0n) is 9.94. The molecular weight excluding hydrogens is 200 g/mol. The molecule has 0 bridgehead atoms. The van der Waals surface area contributed by atoms with E-state index in [1.54, 1.807) is 0 Å². The highest BCUT2D eigenvalue weighted by Crippen LogP contribution is 2.03. The van der Waals surface area contributed by atoms with Gasteiger partial charge in [0, 0.05) is 13.0 Å². The Morgan fingerprint density at radius 3 is 2.62 bits per heavy atom. The van der Waals surface area contributed by atoms with Crippen molar-refractivity contribution in [2.45, 2.75) is 26.7 Å². The second kappa shape index (κ2) is 6.28. The average molecular weight is 219 g/mol. The lowest BCUT2D eigenvalue weighted by Gasteiger charge is -2.17. The first kappa shape index (κ1) is 12.7. The van der Waals surface area contributed by atoms with Gasteiger partial charge in [0.2, 0.25) is 5.91 Å². The van der Waals surface area contributed by atoms with Crippen LogP contribution in [0.15, 0.2) is 24.3 Å². The van der Waals surface area contributed by atoms with Crippen LogP contribution < -0.4 is 5.84 Å². The Morgan fingerprint density at radius 1 is 1.44 bits per heavy atom. The SMILES string of the molecule is CC(C)CC(=O)N(N)CCc1cc[c]cc1. The second-order valence-corrected chi connectivity index (χ2v) is 4.34. The van der Waals surface area contributed by atoms with Crippen molar-refractivity contribution in [3.8, 4) is 0 Å². The van der Waals surface area contributed by atoms with Crippen molar-refractivity contribution in [3.63, 3.8) is 0 Å². The highest BCUT2D eigenvalue weighted by Gasteiger charge is 2.10. The molecule has 87 valence electrons. The van der Waals surface area contributed by atoms with Crippen LogP contribution >= 0.6 is 0 Å². The maximum atomic E-state index is 11.6. The molecule has 0 spiro atoms. The number of hydrogen-bond donors (Lipinski definition) is 1. The van der Waals surface area contributed by atoms with Crippen LogP contribution in [-0.4, -0.2) is 17.5 Å². The van der Waals surface area contributed by atoms with Gasteiger partial charge in [-0.1, -0.05) is 38.1 Å². The smallest absolute Gasteiger partial charge is 0.236 e. The minimum Gasteiger partial charge on any atom is -0.280 e. The molecular formula is C13H19N2O. The second-order valence-electron chi connectivity index (χ2n) is 4.34. The molecule has 1 radical (unpaired) electrons. The lowest BCUT2D eigenvalue weighted by Crippen LogP contribution is -2.39. The highest BCUT2D eigenvalue weighted by molar-refractivity contribution is 5.75. The topological polar surface area (TPSA) is 46.3 Å². The molecule has 0 heterocycles. The molecule has 1 aromatic carbocycles. The van der Waals surface area contributed by atoms with Crippen LogP contribution in [0.5, 0.6) is 0 Å². The predicted molar refractivity (Wildman–Crippen MR) is 64.3 cm³/mol. The zero-order chi connectivity index (χ0) is 12.0. The van der Waals surface area contributed by atoms with Gasteiger partial charge in [-0.05, 0) is 24.0 Å². The maximum absolute atomic E-state index is 11.6. The molecule has 0 aliphatic carbocycles. The minimum atomic E-state index is 0.0116.